The van der Waals surface area contributed by atoms with Gasteiger partial charge in [0.05, 0.1) is 17.1 Å². The van der Waals surface area contributed by atoms with Crippen LogP contribution in [-0.4, -0.2) is 39.0 Å². The van der Waals surface area contributed by atoms with Crippen molar-refractivity contribution < 1.29 is 14.4 Å². The minimum atomic E-state index is -0.649. The molecule has 4 N–H and O–H groups in total. The first-order chi connectivity index (χ1) is 15.5. The zero-order valence-corrected chi connectivity index (χ0v) is 17.5. The van der Waals surface area contributed by atoms with Crippen LogP contribution in [0.3, 0.4) is 0 Å². The van der Waals surface area contributed by atoms with Gasteiger partial charge in [0.1, 0.15) is 0 Å². The van der Waals surface area contributed by atoms with E-state index in [4.69, 9.17) is 5.73 Å². The standard InChI is InChI=1S/C22H18N6O3S/c23-18(29)13-24-21(30)14-6-4-7-15(12-14)25-22(31)19-26-20(17-10-5-11-32-17)28(27-19)16-8-2-1-3-9-16/h1-12H,13H2,(H2,23,29)(H,24,30)(H,25,31). The second-order valence-electron chi connectivity index (χ2n) is 6.67. The van der Waals surface area contributed by atoms with Crippen LogP contribution in [0.2, 0.25) is 0 Å². The maximum atomic E-state index is 12.9. The second kappa shape index (κ2) is 9.23. The van der Waals surface area contributed by atoms with E-state index in [0.717, 1.165) is 10.6 Å². The summed E-state index contributed by atoms with van der Waals surface area (Å²) in [5.74, 6) is -1.11. The molecule has 0 bridgehead atoms. The van der Waals surface area contributed by atoms with Crippen molar-refractivity contribution in [1.82, 2.24) is 20.1 Å². The van der Waals surface area contributed by atoms with Gasteiger partial charge in [-0.2, -0.15) is 0 Å². The van der Waals surface area contributed by atoms with Crippen LogP contribution in [0.1, 0.15) is 21.0 Å². The van der Waals surface area contributed by atoms with Crippen LogP contribution < -0.4 is 16.4 Å². The molecular weight excluding hydrogens is 428 g/mol. The normalized spacial score (nSPS) is 10.5. The van der Waals surface area contributed by atoms with Crippen LogP contribution >= 0.6 is 11.3 Å². The van der Waals surface area contributed by atoms with Crippen LogP contribution in [0.25, 0.3) is 16.4 Å². The van der Waals surface area contributed by atoms with Gasteiger partial charge >= 0.3 is 0 Å². The fourth-order valence-electron chi connectivity index (χ4n) is 2.92. The second-order valence-corrected chi connectivity index (χ2v) is 7.62. The minimum absolute atomic E-state index is 0.0131. The highest BCUT2D eigenvalue weighted by Gasteiger charge is 2.20. The number of anilines is 1. The van der Waals surface area contributed by atoms with Crippen LogP contribution in [0, 0.1) is 0 Å². The molecule has 0 aliphatic carbocycles. The molecule has 2 aromatic carbocycles. The Balaban J connectivity index is 1.59. The molecule has 0 aliphatic heterocycles. The predicted octanol–water partition coefficient (Wildman–Crippen LogP) is 2.46. The van der Waals surface area contributed by atoms with Gasteiger partial charge in [-0.3, -0.25) is 14.4 Å². The molecule has 0 saturated carbocycles. The number of carbonyl (C=O) groups excluding carboxylic acids is 3. The fourth-order valence-corrected chi connectivity index (χ4v) is 3.62. The molecule has 3 amide bonds. The van der Waals surface area contributed by atoms with Crippen LogP contribution in [0.5, 0.6) is 0 Å². The lowest BCUT2D eigenvalue weighted by Crippen LogP contribution is -2.33. The predicted molar refractivity (Wildman–Crippen MR) is 121 cm³/mol. The van der Waals surface area contributed by atoms with Gasteiger partial charge in [0.15, 0.2) is 5.82 Å². The number of amides is 3. The number of para-hydroxylation sites is 1. The number of thiophene rings is 1. The van der Waals surface area contributed by atoms with E-state index in [1.165, 1.54) is 17.4 Å². The van der Waals surface area contributed by atoms with Gasteiger partial charge in [-0.15, -0.1) is 16.4 Å². The molecule has 4 aromatic rings. The van der Waals surface area contributed by atoms with Crippen molar-refractivity contribution >= 4 is 34.7 Å². The van der Waals surface area contributed by atoms with E-state index in [0.29, 0.717) is 11.5 Å². The third kappa shape index (κ3) is 4.71. The zero-order chi connectivity index (χ0) is 22.5. The summed E-state index contributed by atoms with van der Waals surface area (Å²) >= 11 is 1.49. The molecule has 0 saturated heterocycles. The summed E-state index contributed by atoms with van der Waals surface area (Å²) in [5, 5.41) is 11.4. The van der Waals surface area contributed by atoms with E-state index in [2.05, 4.69) is 20.7 Å². The molecule has 2 aromatic heterocycles. The number of hydrogen-bond donors (Lipinski definition) is 3. The summed E-state index contributed by atoms with van der Waals surface area (Å²) in [6.07, 6.45) is 0. The molecule has 160 valence electrons. The van der Waals surface area contributed by atoms with Crippen molar-refractivity contribution in [3.8, 4) is 16.4 Å². The molecule has 0 aliphatic rings. The topological polar surface area (TPSA) is 132 Å². The van der Waals surface area contributed by atoms with Gasteiger partial charge in [0.25, 0.3) is 11.8 Å². The average molecular weight is 446 g/mol. The van der Waals surface area contributed by atoms with Gasteiger partial charge in [0.2, 0.25) is 11.7 Å². The quantitative estimate of drug-likeness (QED) is 0.401. The molecule has 0 fully saturated rings. The number of carbonyl (C=O) groups is 3. The Labute approximate surface area is 186 Å². The van der Waals surface area contributed by atoms with Crippen molar-refractivity contribution in [2.24, 2.45) is 5.73 Å². The highest BCUT2D eigenvalue weighted by molar-refractivity contribution is 7.13. The Kier molecular flexibility index (Phi) is 6.04. The summed E-state index contributed by atoms with van der Waals surface area (Å²) in [7, 11) is 0. The molecule has 9 nitrogen and oxygen atoms in total. The molecule has 4 rings (SSSR count). The van der Waals surface area contributed by atoms with Crippen molar-refractivity contribution in [2.75, 3.05) is 11.9 Å². The summed E-state index contributed by atoms with van der Waals surface area (Å²) < 4.78 is 1.62. The first kappa shape index (κ1) is 20.9. The molecule has 0 radical (unpaired) electrons. The Morgan fingerprint density at radius 3 is 2.50 bits per heavy atom. The van der Waals surface area contributed by atoms with Gasteiger partial charge in [-0.1, -0.05) is 30.3 Å². The maximum absolute atomic E-state index is 12.9. The van der Waals surface area contributed by atoms with E-state index >= 15 is 0 Å². The minimum Gasteiger partial charge on any atom is -0.368 e. The summed E-state index contributed by atoms with van der Waals surface area (Å²) in [6.45, 7) is -0.276. The number of nitrogens with two attached hydrogens (primary N) is 1. The Morgan fingerprint density at radius 2 is 1.78 bits per heavy atom. The molecule has 10 heteroatoms. The van der Waals surface area contributed by atoms with E-state index in [-0.39, 0.29) is 17.9 Å². The van der Waals surface area contributed by atoms with Gasteiger partial charge in [-0.05, 0) is 41.8 Å². The zero-order valence-electron chi connectivity index (χ0n) is 16.7. The van der Waals surface area contributed by atoms with Crippen molar-refractivity contribution in [2.45, 2.75) is 0 Å². The monoisotopic (exact) mass is 446 g/mol. The van der Waals surface area contributed by atoms with Crippen molar-refractivity contribution in [3.63, 3.8) is 0 Å². The number of nitrogens with zero attached hydrogens (tertiary/aromatic N) is 3. The lowest BCUT2D eigenvalue weighted by molar-refractivity contribution is -0.117. The van der Waals surface area contributed by atoms with Crippen molar-refractivity contribution in [1.29, 1.82) is 0 Å². The summed E-state index contributed by atoms with van der Waals surface area (Å²) in [4.78, 5) is 41.2. The van der Waals surface area contributed by atoms with E-state index in [9.17, 15) is 14.4 Å². The third-order valence-electron chi connectivity index (χ3n) is 4.36. The largest absolute Gasteiger partial charge is 0.368 e. The van der Waals surface area contributed by atoms with Gasteiger partial charge in [-0.25, -0.2) is 9.67 Å². The van der Waals surface area contributed by atoms with E-state index in [1.54, 1.807) is 22.9 Å². The van der Waals surface area contributed by atoms with Crippen LogP contribution in [-0.2, 0) is 4.79 Å². The van der Waals surface area contributed by atoms with E-state index in [1.807, 2.05) is 47.8 Å². The average Bonchev–Trinajstić information content (AvgIpc) is 3.48. The van der Waals surface area contributed by atoms with E-state index < -0.39 is 17.7 Å². The number of primary amides is 1. The van der Waals surface area contributed by atoms with Gasteiger partial charge < -0.3 is 16.4 Å². The Morgan fingerprint density at radius 1 is 0.969 bits per heavy atom. The number of aromatic nitrogens is 3. The highest BCUT2D eigenvalue weighted by Crippen LogP contribution is 2.25. The fraction of sp³-hybridized carbons (Fsp3) is 0.0455. The molecule has 0 spiro atoms. The van der Waals surface area contributed by atoms with Crippen LogP contribution in [0.15, 0.2) is 72.1 Å². The first-order valence-corrected chi connectivity index (χ1v) is 10.4. The third-order valence-corrected chi connectivity index (χ3v) is 5.22. The Hall–Kier alpha value is -4.31. The van der Waals surface area contributed by atoms with Gasteiger partial charge in [0, 0.05) is 11.3 Å². The molecule has 2 heterocycles. The number of hydrogen-bond acceptors (Lipinski definition) is 6. The summed E-state index contributed by atoms with van der Waals surface area (Å²) in [6, 6.07) is 19.5. The lowest BCUT2D eigenvalue weighted by atomic mass is 10.2. The van der Waals surface area contributed by atoms with Crippen LogP contribution in [0.4, 0.5) is 5.69 Å². The number of benzene rings is 2. The first-order valence-electron chi connectivity index (χ1n) is 9.55. The summed E-state index contributed by atoms with van der Waals surface area (Å²) in [5.41, 5.74) is 6.47. The maximum Gasteiger partial charge on any atom is 0.295 e. The molecular formula is C22H18N6O3S. The number of rotatable bonds is 7. The number of nitrogens with one attached hydrogen (secondary N) is 2. The molecule has 32 heavy (non-hydrogen) atoms. The highest BCUT2D eigenvalue weighted by atomic mass is 32.1. The molecule has 0 atom stereocenters. The Bertz CT molecular complexity index is 1270. The lowest BCUT2D eigenvalue weighted by Gasteiger charge is -2.06. The smallest absolute Gasteiger partial charge is 0.295 e. The SMILES string of the molecule is NC(=O)CNC(=O)c1cccc(NC(=O)c2nc(-c3cccs3)n(-c3ccccc3)n2)c1. The molecule has 0 unspecified atom stereocenters. The van der Waals surface area contributed by atoms with Crippen molar-refractivity contribution in [3.05, 3.63) is 83.5 Å².